The van der Waals surface area contributed by atoms with Gasteiger partial charge in [-0.15, -0.1) is 0 Å². The first-order chi connectivity index (χ1) is 14.3. The third kappa shape index (κ3) is 5.40. The zero-order chi connectivity index (χ0) is 21.7. The first-order valence-electron chi connectivity index (χ1n) is 10.3. The Bertz CT molecular complexity index is 979. The molecule has 3 rings (SSSR count). The van der Waals surface area contributed by atoms with Crippen LogP contribution in [0.15, 0.2) is 47.4 Å². The van der Waals surface area contributed by atoms with Gasteiger partial charge < -0.3 is 10.1 Å². The molecule has 1 saturated heterocycles. The molecule has 0 spiro atoms. The average Bonchev–Trinajstić information content (AvgIpc) is 2.74. The van der Waals surface area contributed by atoms with E-state index in [4.69, 9.17) is 4.74 Å². The van der Waals surface area contributed by atoms with Crippen LogP contribution in [0.25, 0.3) is 0 Å². The maximum atomic E-state index is 12.8. The van der Waals surface area contributed by atoms with Gasteiger partial charge in [-0.1, -0.05) is 29.8 Å². The Labute approximate surface area is 179 Å². The summed E-state index contributed by atoms with van der Waals surface area (Å²) >= 11 is 0. The summed E-state index contributed by atoms with van der Waals surface area (Å²) in [6.45, 7) is 7.46. The minimum absolute atomic E-state index is 0.0352. The zero-order valence-electron chi connectivity index (χ0n) is 17.8. The first-order valence-corrected chi connectivity index (χ1v) is 11.8. The third-order valence-electron chi connectivity index (χ3n) is 5.49. The van der Waals surface area contributed by atoms with E-state index in [0.29, 0.717) is 44.0 Å². The number of carbonyl (C=O) groups excluding carboxylic acids is 1. The van der Waals surface area contributed by atoms with Crippen molar-refractivity contribution in [2.75, 3.05) is 26.2 Å². The highest BCUT2D eigenvalue weighted by Gasteiger charge is 2.31. The van der Waals surface area contributed by atoms with Gasteiger partial charge in [-0.05, 0) is 62.9 Å². The van der Waals surface area contributed by atoms with Gasteiger partial charge in [0.2, 0.25) is 15.9 Å². The fourth-order valence-corrected chi connectivity index (χ4v) is 5.03. The van der Waals surface area contributed by atoms with Crippen LogP contribution >= 0.6 is 0 Å². The monoisotopic (exact) mass is 430 g/mol. The van der Waals surface area contributed by atoms with E-state index in [9.17, 15) is 13.2 Å². The molecule has 1 N–H and O–H groups in total. The van der Waals surface area contributed by atoms with E-state index in [1.54, 1.807) is 24.3 Å². The Morgan fingerprint density at radius 3 is 2.33 bits per heavy atom. The maximum absolute atomic E-state index is 12.8. The Morgan fingerprint density at radius 1 is 1.03 bits per heavy atom. The Kier molecular flexibility index (Phi) is 7.15. The van der Waals surface area contributed by atoms with E-state index in [0.717, 1.165) is 22.4 Å². The van der Waals surface area contributed by atoms with Gasteiger partial charge in [0.1, 0.15) is 12.4 Å². The normalized spacial score (nSPS) is 15.7. The molecule has 0 aliphatic carbocycles. The molecule has 0 aromatic heterocycles. The molecular weight excluding hydrogens is 400 g/mol. The number of ether oxygens (including phenoxy) is 1. The molecule has 7 heteroatoms. The molecule has 30 heavy (non-hydrogen) atoms. The lowest BCUT2D eigenvalue weighted by atomic mass is 9.97. The maximum Gasteiger partial charge on any atom is 0.243 e. The molecule has 0 atom stereocenters. The molecular formula is C23H30N2O4S. The SMILES string of the molecule is Cc1ccc(S(=O)(=O)N2CCC(C(=O)NCCOc3cc(C)ccc3C)CC2)cc1. The number of piperidine rings is 1. The van der Waals surface area contributed by atoms with Crippen molar-refractivity contribution < 1.29 is 17.9 Å². The number of rotatable bonds is 7. The van der Waals surface area contributed by atoms with Crippen molar-refractivity contribution in [2.24, 2.45) is 5.92 Å². The number of hydrogen-bond donors (Lipinski definition) is 1. The van der Waals surface area contributed by atoms with E-state index < -0.39 is 10.0 Å². The summed E-state index contributed by atoms with van der Waals surface area (Å²) in [7, 11) is -3.51. The molecule has 0 unspecified atom stereocenters. The van der Waals surface area contributed by atoms with Gasteiger partial charge in [-0.25, -0.2) is 8.42 Å². The standard InChI is InChI=1S/C23H30N2O4S/c1-17-5-8-21(9-6-17)30(27,28)25-13-10-20(11-14-25)23(26)24-12-15-29-22-16-18(2)4-7-19(22)3/h4-9,16,20H,10-15H2,1-3H3,(H,24,26). The van der Waals surface area contributed by atoms with Crippen LogP contribution in [-0.4, -0.2) is 44.9 Å². The number of hydrogen-bond acceptors (Lipinski definition) is 4. The van der Waals surface area contributed by atoms with Crippen molar-refractivity contribution in [1.29, 1.82) is 0 Å². The number of benzene rings is 2. The average molecular weight is 431 g/mol. The summed E-state index contributed by atoms with van der Waals surface area (Å²) in [5, 5.41) is 2.92. The Morgan fingerprint density at radius 2 is 1.67 bits per heavy atom. The number of carbonyl (C=O) groups is 1. The van der Waals surface area contributed by atoms with E-state index in [1.165, 1.54) is 4.31 Å². The number of nitrogens with one attached hydrogen (secondary N) is 1. The van der Waals surface area contributed by atoms with Crippen molar-refractivity contribution >= 4 is 15.9 Å². The molecule has 1 aliphatic rings. The minimum atomic E-state index is -3.51. The Hall–Kier alpha value is -2.38. The van der Waals surface area contributed by atoms with Crippen LogP contribution in [0.1, 0.15) is 29.5 Å². The van der Waals surface area contributed by atoms with Crippen LogP contribution in [0.3, 0.4) is 0 Å². The highest BCUT2D eigenvalue weighted by atomic mass is 32.2. The summed E-state index contributed by atoms with van der Waals surface area (Å²) in [5.74, 6) is 0.626. The lowest BCUT2D eigenvalue weighted by molar-refractivity contribution is -0.126. The highest BCUT2D eigenvalue weighted by molar-refractivity contribution is 7.89. The highest BCUT2D eigenvalue weighted by Crippen LogP contribution is 2.24. The molecule has 0 radical (unpaired) electrons. The molecule has 1 fully saturated rings. The summed E-state index contributed by atoms with van der Waals surface area (Å²) in [4.78, 5) is 12.8. The molecule has 0 saturated carbocycles. The minimum Gasteiger partial charge on any atom is -0.491 e. The molecule has 2 aromatic carbocycles. The van der Waals surface area contributed by atoms with Gasteiger partial charge in [-0.3, -0.25) is 4.79 Å². The molecule has 2 aromatic rings. The number of nitrogens with zero attached hydrogens (tertiary/aromatic N) is 1. The van der Waals surface area contributed by atoms with Gasteiger partial charge in [0.15, 0.2) is 0 Å². The van der Waals surface area contributed by atoms with Gasteiger partial charge in [0.25, 0.3) is 0 Å². The number of aryl methyl sites for hydroxylation is 3. The second-order valence-electron chi connectivity index (χ2n) is 7.90. The van der Waals surface area contributed by atoms with E-state index in [2.05, 4.69) is 5.32 Å². The van der Waals surface area contributed by atoms with Gasteiger partial charge in [0, 0.05) is 19.0 Å². The molecule has 1 heterocycles. The molecule has 1 amide bonds. The van der Waals surface area contributed by atoms with Crippen LogP contribution in [0.4, 0.5) is 0 Å². The van der Waals surface area contributed by atoms with Crippen LogP contribution in [0.5, 0.6) is 5.75 Å². The molecule has 6 nitrogen and oxygen atoms in total. The molecule has 1 aliphatic heterocycles. The van der Waals surface area contributed by atoms with E-state index >= 15 is 0 Å². The fraction of sp³-hybridized carbons (Fsp3) is 0.435. The smallest absolute Gasteiger partial charge is 0.243 e. The predicted molar refractivity (Wildman–Crippen MR) is 117 cm³/mol. The molecule has 162 valence electrons. The zero-order valence-corrected chi connectivity index (χ0v) is 18.7. The number of amides is 1. The van der Waals surface area contributed by atoms with Crippen LogP contribution in [0, 0.1) is 26.7 Å². The van der Waals surface area contributed by atoms with Crippen molar-refractivity contribution in [3.8, 4) is 5.75 Å². The first kappa shape index (κ1) is 22.3. The fourth-order valence-electron chi connectivity index (χ4n) is 3.56. The quantitative estimate of drug-likeness (QED) is 0.685. The summed E-state index contributed by atoms with van der Waals surface area (Å²) in [6.07, 6.45) is 1.05. The lowest BCUT2D eigenvalue weighted by Gasteiger charge is -2.30. The van der Waals surface area contributed by atoms with E-state index in [-0.39, 0.29) is 11.8 Å². The van der Waals surface area contributed by atoms with Crippen molar-refractivity contribution in [1.82, 2.24) is 9.62 Å². The van der Waals surface area contributed by atoms with Gasteiger partial charge in [-0.2, -0.15) is 4.31 Å². The Balaban J connectivity index is 1.45. The third-order valence-corrected chi connectivity index (χ3v) is 7.40. The van der Waals surface area contributed by atoms with Crippen LogP contribution < -0.4 is 10.1 Å². The second kappa shape index (κ2) is 9.62. The number of sulfonamides is 1. The van der Waals surface area contributed by atoms with E-state index in [1.807, 2.05) is 39.0 Å². The van der Waals surface area contributed by atoms with Gasteiger partial charge >= 0.3 is 0 Å². The van der Waals surface area contributed by atoms with Gasteiger partial charge in [0.05, 0.1) is 11.4 Å². The van der Waals surface area contributed by atoms with Crippen molar-refractivity contribution in [3.05, 3.63) is 59.2 Å². The van der Waals surface area contributed by atoms with Crippen LogP contribution in [-0.2, 0) is 14.8 Å². The predicted octanol–water partition coefficient (Wildman–Crippen LogP) is 3.21. The van der Waals surface area contributed by atoms with Crippen molar-refractivity contribution in [3.63, 3.8) is 0 Å². The largest absolute Gasteiger partial charge is 0.491 e. The van der Waals surface area contributed by atoms with Crippen LogP contribution in [0.2, 0.25) is 0 Å². The topological polar surface area (TPSA) is 75.7 Å². The second-order valence-corrected chi connectivity index (χ2v) is 9.84. The summed E-state index contributed by atoms with van der Waals surface area (Å²) in [5.41, 5.74) is 3.21. The molecule has 0 bridgehead atoms. The lowest BCUT2D eigenvalue weighted by Crippen LogP contribution is -2.43. The van der Waals surface area contributed by atoms with Crippen molar-refractivity contribution in [2.45, 2.75) is 38.5 Å². The summed E-state index contributed by atoms with van der Waals surface area (Å²) < 4.78 is 32.8. The summed E-state index contributed by atoms with van der Waals surface area (Å²) in [6, 6.07) is 12.9.